The highest BCUT2D eigenvalue weighted by Gasteiger charge is 2.24. The van der Waals surface area contributed by atoms with Gasteiger partial charge < -0.3 is 5.73 Å². The zero-order valence-electron chi connectivity index (χ0n) is 11.9. The van der Waals surface area contributed by atoms with Crippen molar-refractivity contribution in [2.75, 3.05) is 13.1 Å². The molecule has 2 rings (SSSR count). The molecule has 0 amide bonds. The summed E-state index contributed by atoms with van der Waals surface area (Å²) in [4.78, 5) is 4.12. The molecule has 2 heterocycles. The molecule has 2 aromatic heterocycles. The van der Waals surface area contributed by atoms with Crippen molar-refractivity contribution in [1.82, 2.24) is 19.1 Å². The number of hydrogen-bond acceptors (Lipinski definition) is 5. The zero-order chi connectivity index (χ0) is 15.3. The first kappa shape index (κ1) is 15.6. The van der Waals surface area contributed by atoms with Crippen molar-refractivity contribution in [1.29, 1.82) is 0 Å². The molecule has 114 valence electrons. The van der Waals surface area contributed by atoms with Gasteiger partial charge in [0.1, 0.15) is 4.90 Å². The molecule has 0 saturated carbocycles. The first-order valence-corrected chi connectivity index (χ1v) is 8.13. The van der Waals surface area contributed by atoms with Crippen LogP contribution in [-0.4, -0.2) is 40.6 Å². The summed E-state index contributed by atoms with van der Waals surface area (Å²) in [5.41, 5.74) is 6.33. The topological polar surface area (TPSA) is 94.1 Å². The monoisotopic (exact) mass is 309 g/mol. The lowest BCUT2D eigenvalue weighted by atomic mass is 10.3. The number of hydrogen-bond donors (Lipinski definition) is 1. The molecule has 21 heavy (non-hydrogen) atoms. The van der Waals surface area contributed by atoms with Gasteiger partial charge in [-0.15, -0.1) is 0 Å². The van der Waals surface area contributed by atoms with E-state index in [0.29, 0.717) is 26.2 Å². The standard InChI is InChI=1S/C13H19N5O2S/c1-2-18(10-12-3-6-15-7-4-12)21(19,20)13-9-16-17(11-13)8-5-14/h3-4,6-7,9,11H,2,5,8,10,14H2,1H3. The van der Waals surface area contributed by atoms with Crippen LogP contribution in [0.2, 0.25) is 0 Å². The van der Waals surface area contributed by atoms with Crippen LogP contribution in [0.5, 0.6) is 0 Å². The summed E-state index contributed by atoms with van der Waals surface area (Å²) < 4.78 is 28.2. The average Bonchev–Trinajstić information content (AvgIpc) is 2.95. The molecule has 0 aliphatic carbocycles. The molecule has 0 radical (unpaired) electrons. The third kappa shape index (κ3) is 3.66. The van der Waals surface area contributed by atoms with Gasteiger partial charge in [0.25, 0.3) is 0 Å². The van der Waals surface area contributed by atoms with Gasteiger partial charge in [-0.25, -0.2) is 8.42 Å². The Hall–Kier alpha value is -1.77. The van der Waals surface area contributed by atoms with E-state index in [2.05, 4.69) is 10.1 Å². The quantitative estimate of drug-likeness (QED) is 0.801. The average molecular weight is 309 g/mol. The summed E-state index contributed by atoms with van der Waals surface area (Å²) in [5, 5.41) is 4.02. The first-order valence-electron chi connectivity index (χ1n) is 6.69. The fourth-order valence-corrected chi connectivity index (χ4v) is 3.33. The second kappa shape index (κ2) is 6.79. The molecule has 0 spiro atoms. The smallest absolute Gasteiger partial charge is 0.246 e. The molecule has 0 fully saturated rings. The summed E-state index contributed by atoms with van der Waals surface area (Å²) in [5.74, 6) is 0. The minimum Gasteiger partial charge on any atom is -0.329 e. The molecule has 0 aromatic carbocycles. The fraction of sp³-hybridized carbons (Fsp3) is 0.385. The van der Waals surface area contributed by atoms with Gasteiger partial charge in [0.05, 0.1) is 12.7 Å². The Morgan fingerprint density at radius 1 is 1.33 bits per heavy atom. The Balaban J connectivity index is 2.22. The van der Waals surface area contributed by atoms with E-state index in [4.69, 9.17) is 5.73 Å². The second-order valence-corrected chi connectivity index (χ2v) is 6.45. The number of rotatable bonds is 7. The maximum atomic E-state index is 12.6. The number of nitrogens with zero attached hydrogens (tertiary/aromatic N) is 4. The molecule has 0 aliphatic heterocycles. The van der Waals surface area contributed by atoms with Gasteiger partial charge in [-0.2, -0.15) is 9.40 Å². The lowest BCUT2D eigenvalue weighted by Crippen LogP contribution is -2.30. The summed E-state index contributed by atoms with van der Waals surface area (Å²) in [6, 6.07) is 3.60. The first-order chi connectivity index (χ1) is 10.1. The van der Waals surface area contributed by atoms with Crippen molar-refractivity contribution < 1.29 is 8.42 Å². The van der Waals surface area contributed by atoms with Gasteiger partial charge in [0.2, 0.25) is 10.0 Å². The molecule has 2 aromatic rings. The Morgan fingerprint density at radius 3 is 2.67 bits per heavy atom. The van der Waals surface area contributed by atoms with Gasteiger partial charge in [-0.3, -0.25) is 9.67 Å². The molecule has 0 unspecified atom stereocenters. The minimum absolute atomic E-state index is 0.187. The Morgan fingerprint density at radius 2 is 2.05 bits per heavy atom. The zero-order valence-corrected chi connectivity index (χ0v) is 12.7. The molecule has 2 N–H and O–H groups in total. The molecule has 0 aliphatic rings. The van der Waals surface area contributed by atoms with Crippen molar-refractivity contribution in [3.63, 3.8) is 0 Å². The normalized spacial score (nSPS) is 12.0. The molecule has 0 saturated heterocycles. The van der Waals surface area contributed by atoms with Crippen molar-refractivity contribution in [2.45, 2.75) is 24.9 Å². The third-order valence-electron chi connectivity index (χ3n) is 3.07. The van der Waals surface area contributed by atoms with Gasteiger partial charge in [0.15, 0.2) is 0 Å². The van der Waals surface area contributed by atoms with Crippen LogP contribution >= 0.6 is 0 Å². The highest BCUT2D eigenvalue weighted by molar-refractivity contribution is 7.89. The Labute approximate surface area is 124 Å². The summed E-state index contributed by atoms with van der Waals surface area (Å²) in [7, 11) is -3.56. The van der Waals surface area contributed by atoms with E-state index >= 15 is 0 Å². The van der Waals surface area contributed by atoms with Gasteiger partial charge in [-0.05, 0) is 17.7 Å². The number of aromatic nitrogens is 3. The molecule has 0 atom stereocenters. The predicted octanol–water partition coefficient (Wildman–Crippen LogP) is 0.448. The number of nitrogens with two attached hydrogens (primary N) is 1. The number of sulfonamides is 1. The second-order valence-electron chi connectivity index (χ2n) is 4.51. The molecule has 8 heteroatoms. The summed E-state index contributed by atoms with van der Waals surface area (Å²) >= 11 is 0. The van der Waals surface area contributed by atoms with E-state index in [1.807, 2.05) is 6.92 Å². The largest absolute Gasteiger partial charge is 0.329 e. The van der Waals surface area contributed by atoms with E-state index in [-0.39, 0.29) is 4.90 Å². The van der Waals surface area contributed by atoms with E-state index in [0.717, 1.165) is 5.56 Å². The molecule has 0 bridgehead atoms. The molecular weight excluding hydrogens is 290 g/mol. The van der Waals surface area contributed by atoms with Crippen molar-refractivity contribution >= 4 is 10.0 Å². The summed E-state index contributed by atoms with van der Waals surface area (Å²) in [6.07, 6.45) is 6.17. The van der Waals surface area contributed by atoms with Crippen LogP contribution < -0.4 is 5.73 Å². The third-order valence-corrected chi connectivity index (χ3v) is 4.94. The van der Waals surface area contributed by atoms with E-state index in [1.165, 1.54) is 21.4 Å². The van der Waals surface area contributed by atoms with Crippen molar-refractivity contribution in [2.24, 2.45) is 5.73 Å². The van der Waals surface area contributed by atoms with Crippen LogP contribution in [-0.2, 0) is 23.1 Å². The van der Waals surface area contributed by atoms with Crippen LogP contribution in [0.1, 0.15) is 12.5 Å². The highest BCUT2D eigenvalue weighted by Crippen LogP contribution is 2.17. The SMILES string of the molecule is CCN(Cc1ccncc1)S(=O)(=O)c1cnn(CCN)c1. The van der Waals surface area contributed by atoms with Crippen LogP contribution in [0.15, 0.2) is 41.8 Å². The number of pyridine rings is 1. The fourth-order valence-electron chi connectivity index (χ4n) is 1.94. The van der Waals surface area contributed by atoms with Crippen LogP contribution in [0.4, 0.5) is 0 Å². The minimum atomic E-state index is -3.56. The molecular formula is C13H19N5O2S. The van der Waals surface area contributed by atoms with Crippen LogP contribution in [0.25, 0.3) is 0 Å². The van der Waals surface area contributed by atoms with Gasteiger partial charge in [0, 0.05) is 38.2 Å². The van der Waals surface area contributed by atoms with E-state index in [9.17, 15) is 8.42 Å². The maximum Gasteiger partial charge on any atom is 0.246 e. The van der Waals surface area contributed by atoms with Crippen LogP contribution in [0.3, 0.4) is 0 Å². The lowest BCUT2D eigenvalue weighted by molar-refractivity contribution is 0.423. The van der Waals surface area contributed by atoms with Gasteiger partial charge in [-0.1, -0.05) is 6.92 Å². The van der Waals surface area contributed by atoms with Crippen LogP contribution in [0, 0.1) is 0 Å². The van der Waals surface area contributed by atoms with Gasteiger partial charge >= 0.3 is 0 Å². The van der Waals surface area contributed by atoms with E-state index < -0.39 is 10.0 Å². The highest BCUT2D eigenvalue weighted by atomic mass is 32.2. The maximum absolute atomic E-state index is 12.6. The Kier molecular flexibility index (Phi) is 5.05. The van der Waals surface area contributed by atoms with E-state index in [1.54, 1.807) is 24.5 Å². The van der Waals surface area contributed by atoms with Crippen molar-refractivity contribution in [3.8, 4) is 0 Å². The molecule has 7 nitrogen and oxygen atoms in total. The lowest BCUT2D eigenvalue weighted by Gasteiger charge is -2.19. The summed E-state index contributed by atoms with van der Waals surface area (Å²) in [6.45, 7) is 3.40. The Bertz CT molecular complexity index is 669. The van der Waals surface area contributed by atoms with Crippen molar-refractivity contribution in [3.05, 3.63) is 42.5 Å². The predicted molar refractivity (Wildman–Crippen MR) is 78.8 cm³/mol.